The van der Waals surface area contributed by atoms with Gasteiger partial charge in [-0.3, -0.25) is 30.4 Å². The highest BCUT2D eigenvalue weighted by atomic mass is 32.2. The summed E-state index contributed by atoms with van der Waals surface area (Å²) >= 11 is 2.01. The lowest BCUT2D eigenvalue weighted by molar-refractivity contribution is -0.149. The van der Waals surface area contributed by atoms with Gasteiger partial charge in [-0.2, -0.15) is 5.53 Å². The Bertz CT molecular complexity index is 1740. The van der Waals surface area contributed by atoms with E-state index in [4.69, 9.17) is 9.47 Å². The van der Waals surface area contributed by atoms with E-state index in [0.29, 0.717) is 92.5 Å². The van der Waals surface area contributed by atoms with Crippen LogP contribution in [0.4, 0.5) is 0 Å². The van der Waals surface area contributed by atoms with E-state index >= 15 is 0 Å². The Balaban J connectivity index is 0.692. The van der Waals surface area contributed by atoms with Crippen LogP contribution in [0.1, 0.15) is 131 Å². The lowest BCUT2D eigenvalue weighted by Gasteiger charge is -2.45. The number of hydrogen-bond acceptors (Lipinski definition) is 16. The Hall–Kier alpha value is -1.72. The number of thioether (sulfide) groups is 1. The summed E-state index contributed by atoms with van der Waals surface area (Å²) in [6.45, 7) is 17.3. The minimum atomic E-state index is -0.784. The largest absolute Gasteiger partial charge is 0.391 e. The Morgan fingerprint density at radius 3 is 2.52 bits per heavy atom. The Morgan fingerprint density at radius 1 is 0.901 bits per heavy atom. The van der Waals surface area contributed by atoms with E-state index in [1.165, 1.54) is 38.5 Å². The first-order valence-electron chi connectivity index (χ1n) is 28.6. The summed E-state index contributed by atoms with van der Waals surface area (Å²) in [4.78, 5) is 45.5. The van der Waals surface area contributed by atoms with Crippen LogP contribution in [0.5, 0.6) is 0 Å². The van der Waals surface area contributed by atoms with E-state index in [9.17, 15) is 19.5 Å². The summed E-state index contributed by atoms with van der Waals surface area (Å²) in [5, 5.41) is 34.8. The molecule has 6 heterocycles. The molecular formula is C52H94N12O6S. The fourth-order valence-electron chi connectivity index (χ4n) is 14.5. The number of fused-ring (bicyclic) bond motifs is 2. The molecule has 16 atom stereocenters. The maximum atomic E-state index is 14.4. The summed E-state index contributed by atoms with van der Waals surface area (Å²) in [6, 6.07) is 1.01. The van der Waals surface area contributed by atoms with Crippen molar-refractivity contribution in [2.45, 2.75) is 203 Å². The van der Waals surface area contributed by atoms with Crippen LogP contribution in [0.3, 0.4) is 0 Å². The van der Waals surface area contributed by atoms with Gasteiger partial charge in [0.15, 0.2) is 0 Å². The van der Waals surface area contributed by atoms with Gasteiger partial charge in [-0.25, -0.2) is 15.4 Å². The van der Waals surface area contributed by atoms with Gasteiger partial charge < -0.3 is 40.3 Å². The second-order valence-corrected chi connectivity index (χ2v) is 24.7. The van der Waals surface area contributed by atoms with Gasteiger partial charge in [0.25, 0.3) is 0 Å². The number of aliphatic hydroxyl groups is 1. The van der Waals surface area contributed by atoms with Crippen molar-refractivity contribution in [1.29, 1.82) is 0 Å². The minimum absolute atomic E-state index is 0.00338. The number of nitrogens with one attached hydrogen (secondary N) is 8. The second kappa shape index (κ2) is 25.4. The molecule has 71 heavy (non-hydrogen) atoms. The average molecular weight is 1020 g/mol. The first-order chi connectivity index (χ1) is 34.5. The van der Waals surface area contributed by atoms with Crippen molar-refractivity contribution < 1.29 is 29.0 Å². The summed E-state index contributed by atoms with van der Waals surface area (Å²) < 4.78 is 12.8. The number of aliphatic hydroxyl groups excluding tert-OH is 1. The monoisotopic (exact) mass is 1010 g/mol. The fourth-order valence-corrected chi connectivity index (χ4v) is 16.0. The molecule has 0 aromatic rings. The molecular weight excluding hydrogens is 921 g/mol. The lowest BCUT2D eigenvalue weighted by Crippen LogP contribution is -2.66. The highest BCUT2D eigenvalue weighted by molar-refractivity contribution is 8.00. The topological polar surface area (TPSA) is 199 Å². The number of nitrogens with zero attached hydrogens (tertiary/aromatic N) is 4. The molecule has 6 saturated heterocycles. The normalized spacial score (nSPS) is 38.5. The van der Waals surface area contributed by atoms with Crippen LogP contribution >= 0.6 is 11.8 Å². The second-order valence-electron chi connectivity index (χ2n) is 23.5. The molecule has 11 unspecified atom stereocenters. The Kier molecular flexibility index (Phi) is 19.4. The van der Waals surface area contributed by atoms with E-state index in [1.54, 1.807) is 4.90 Å². The van der Waals surface area contributed by atoms with Gasteiger partial charge in [0.05, 0.1) is 44.4 Å². The summed E-state index contributed by atoms with van der Waals surface area (Å²) in [5.41, 5.74) is 10.5. The molecule has 6 aliphatic heterocycles. The summed E-state index contributed by atoms with van der Waals surface area (Å²) in [5.74, 6) is 2.20. The first-order valence-corrected chi connectivity index (χ1v) is 29.7. The van der Waals surface area contributed by atoms with Gasteiger partial charge in [0.2, 0.25) is 17.7 Å². The molecule has 0 aromatic heterocycles. The molecule has 0 aromatic carbocycles. The van der Waals surface area contributed by atoms with E-state index in [1.807, 2.05) is 30.5 Å². The van der Waals surface area contributed by atoms with E-state index in [-0.39, 0.29) is 54.5 Å². The van der Waals surface area contributed by atoms with Crippen molar-refractivity contribution in [3.63, 3.8) is 0 Å². The number of hydrazine groups is 3. The molecule has 19 heteroatoms. The van der Waals surface area contributed by atoms with E-state index < -0.39 is 18.2 Å². The van der Waals surface area contributed by atoms with Crippen LogP contribution in [0.15, 0.2) is 0 Å². The minimum Gasteiger partial charge on any atom is -0.391 e. The average Bonchev–Trinajstić information content (AvgIpc) is 4.25. The van der Waals surface area contributed by atoms with Crippen LogP contribution in [0.2, 0.25) is 0 Å². The Morgan fingerprint density at radius 2 is 1.73 bits per heavy atom. The van der Waals surface area contributed by atoms with Crippen LogP contribution < -0.4 is 43.0 Å². The third-order valence-corrected chi connectivity index (χ3v) is 20.0. The van der Waals surface area contributed by atoms with Crippen LogP contribution in [-0.4, -0.2) is 186 Å². The molecule has 9 aliphatic rings. The van der Waals surface area contributed by atoms with Crippen LogP contribution in [0, 0.1) is 35.5 Å². The quantitative estimate of drug-likeness (QED) is 0.0715. The molecule has 0 radical (unpaired) electrons. The number of β-amino-alcohol motifs (C(OH)–C–C–N with tert-alkyl or cyclic N) is 1. The lowest BCUT2D eigenvalue weighted by atomic mass is 9.77. The molecule has 0 spiro atoms. The number of carbonyl (C=O) groups excluding carboxylic acids is 3. The molecule has 9 rings (SSSR count). The van der Waals surface area contributed by atoms with Gasteiger partial charge in [-0.05, 0) is 94.8 Å². The molecule has 3 saturated carbocycles. The highest BCUT2D eigenvalue weighted by Crippen LogP contribution is 2.41. The smallest absolute Gasteiger partial charge is 0.246 e. The Labute approximate surface area is 429 Å². The predicted octanol–water partition coefficient (Wildman–Crippen LogP) is 2.06. The number of ether oxygens (including phenoxy) is 2. The molecule has 3 amide bonds. The van der Waals surface area contributed by atoms with Crippen molar-refractivity contribution in [2.24, 2.45) is 35.5 Å². The van der Waals surface area contributed by atoms with Crippen molar-refractivity contribution >= 4 is 29.5 Å². The summed E-state index contributed by atoms with van der Waals surface area (Å²) in [6.07, 6.45) is 15.6. The third kappa shape index (κ3) is 13.1. The van der Waals surface area contributed by atoms with Gasteiger partial charge in [0.1, 0.15) is 12.1 Å². The van der Waals surface area contributed by atoms with Gasteiger partial charge in [0, 0.05) is 105 Å². The van der Waals surface area contributed by atoms with Gasteiger partial charge in [-0.15, -0.1) is 11.8 Å². The van der Waals surface area contributed by atoms with Gasteiger partial charge in [-0.1, -0.05) is 53.4 Å². The zero-order chi connectivity index (χ0) is 49.6. The zero-order valence-electron chi connectivity index (χ0n) is 44.0. The highest BCUT2D eigenvalue weighted by Gasteiger charge is 2.50. The maximum absolute atomic E-state index is 14.4. The van der Waals surface area contributed by atoms with E-state index in [0.717, 1.165) is 89.3 Å². The number of likely N-dealkylation sites (tertiary alicyclic amines) is 2. The SMILES string of the molecule is CCC(CC)C1CC(N[C@H]2CC[C@H](NCC3CN(CCOCCOC4CC(C5SCNC5C)CCC4CNC(=O)[C@@H]4C[C@@H](O)CN4C(=O)[C@H](C(C)C)N4CC5CCCCC5C4=O)NN3)C2)N2NCCC2N1. The van der Waals surface area contributed by atoms with Crippen LogP contribution in [-0.2, 0) is 23.9 Å². The number of carbonyl (C=O) groups is 3. The molecule has 18 nitrogen and oxygen atoms in total. The molecule has 9 fully saturated rings. The number of amides is 3. The fraction of sp³-hybridized carbons (Fsp3) is 0.942. The molecule has 9 N–H and O–H groups in total. The van der Waals surface area contributed by atoms with Gasteiger partial charge >= 0.3 is 0 Å². The standard InChI is InChI=1S/C52H94N12O6S/c1-6-34(7-2)43-25-47(64-46(58-43)16-17-56-64)57-39-15-14-38(23-39)53-27-40-29-61(60-59-40)18-19-69-20-21-70-45-22-35(49-33(5)55-31-71-49)12-13-36(45)26-54-50(66)44-24-41(65)30-62(44)52(68)48(32(3)4)63-28-37-10-8-9-11-42(37)51(63)67/h32-49,53,55-60,65H,6-31H2,1-5H3,(H,54,66)/t33?,35?,36?,37?,38-,39-,40?,41+,42?,43?,44-,45?,46?,47?,48-,49?/m0/s1. The third-order valence-electron chi connectivity index (χ3n) is 18.5. The number of rotatable bonds is 22. The molecule has 404 valence electrons. The van der Waals surface area contributed by atoms with Crippen molar-refractivity contribution in [3.8, 4) is 0 Å². The summed E-state index contributed by atoms with van der Waals surface area (Å²) in [7, 11) is 0. The van der Waals surface area contributed by atoms with Crippen molar-refractivity contribution in [2.75, 3.05) is 71.5 Å². The molecule has 3 aliphatic carbocycles. The van der Waals surface area contributed by atoms with Crippen molar-refractivity contribution in [1.82, 2.24) is 62.8 Å². The van der Waals surface area contributed by atoms with E-state index in [2.05, 4.69) is 73.8 Å². The number of hydrogen-bond donors (Lipinski definition) is 9. The van der Waals surface area contributed by atoms with Crippen LogP contribution in [0.25, 0.3) is 0 Å². The molecule has 0 bridgehead atoms. The van der Waals surface area contributed by atoms with Crippen molar-refractivity contribution in [3.05, 3.63) is 0 Å². The zero-order valence-corrected chi connectivity index (χ0v) is 44.8. The predicted molar refractivity (Wildman–Crippen MR) is 277 cm³/mol. The maximum Gasteiger partial charge on any atom is 0.246 e. The first kappa shape index (κ1) is 54.1.